The van der Waals surface area contributed by atoms with Crippen molar-refractivity contribution in [3.05, 3.63) is 89.0 Å². The molecule has 0 spiro atoms. The number of para-hydroxylation sites is 1. The molecule has 0 unspecified atom stereocenters. The fourth-order valence-corrected chi connectivity index (χ4v) is 5.01. The second-order valence-electron chi connectivity index (χ2n) is 10.1. The number of benzene rings is 2. The van der Waals surface area contributed by atoms with Crippen molar-refractivity contribution in [3.63, 3.8) is 0 Å². The number of furan rings is 1. The zero-order valence-corrected chi connectivity index (χ0v) is 22.3. The Hall–Kier alpha value is -4.50. The van der Waals surface area contributed by atoms with Gasteiger partial charge >= 0.3 is 0 Å². The Bertz CT molecular complexity index is 1650. The molecule has 0 aliphatic carbocycles. The lowest BCUT2D eigenvalue weighted by molar-refractivity contribution is 0.209. The van der Waals surface area contributed by atoms with Gasteiger partial charge in [0.1, 0.15) is 5.52 Å². The van der Waals surface area contributed by atoms with E-state index < -0.39 is 0 Å². The molecule has 39 heavy (non-hydrogen) atoms. The van der Waals surface area contributed by atoms with E-state index in [2.05, 4.69) is 51.2 Å². The Morgan fingerprint density at radius 1 is 0.949 bits per heavy atom. The van der Waals surface area contributed by atoms with Crippen LogP contribution in [0.4, 0.5) is 17.3 Å². The van der Waals surface area contributed by atoms with Crippen LogP contribution in [0.25, 0.3) is 28.0 Å². The van der Waals surface area contributed by atoms with Gasteiger partial charge in [0.25, 0.3) is 5.56 Å². The van der Waals surface area contributed by atoms with Gasteiger partial charge in [-0.1, -0.05) is 18.2 Å². The van der Waals surface area contributed by atoms with Gasteiger partial charge in [-0.2, -0.15) is 9.78 Å². The number of nitrogens with zero attached hydrogens (tertiary/aromatic N) is 6. The lowest BCUT2D eigenvalue weighted by atomic mass is 10.2. The highest BCUT2D eigenvalue weighted by molar-refractivity contribution is 5.89. The number of piperazine rings is 1. The number of rotatable bonds is 6. The van der Waals surface area contributed by atoms with Gasteiger partial charge in [-0.15, -0.1) is 0 Å². The van der Waals surface area contributed by atoms with Crippen molar-refractivity contribution >= 4 is 28.2 Å². The quantitative estimate of drug-likeness (QED) is 0.333. The lowest BCUT2D eigenvalue weighted by Gasteiger charge is -2.38. The number of aryl methyl sites for hydroxylation is 1. The maximum absolute atomic E-state index is 13.5. The predicted molar refractivity (Wildman–Crippen MR) is 154 cm³/mol. The number of anilines is 3. The number of nitrogens with one attached hydrogen (secondary N) is 1. The Balaban J connectivity index is 1.31. The fourth-order valence-electron chi connectivity index (χ4n) is 5.01. The lowest BCUT2D eigenvalue weighted by Crippen LogP contribution is -2.48. The second-order valence-corrected chi connectivity index (χ2v) is 10.1. The van der Waals surface area contributed by atoms with E-state index in [1.165, 1.54) is 10.4 Å². The molecule has 198 valence electrons. The number of hydrogen-bond acceptors (Lipinski definition) is 8. The third-order valence-corrected chi connectivity index (χ3v) is 7.27. The summed E-state index contributed by atoms with van der Waals surface area (Å²) in [6.45, 7) is 10.6. The van der Waals surface area contributed by atoms with E-state index in [-0.39, 0.29) is 5.56 Å². The van der Waals surface area contributed by atoms with Gasteiger partial charge in [0, 0.05) is 49.8 Å². The second kappa shape index (κ2) is 10.3. The number of aromatic nitrogens is 4. The topological polar surface area (TPSA) is 92.3 Å². The molecule has 1 aliphatic heterocycles. The highest BCUT2D eigenvalue weighted by Crippen LogP contribution is 2.27. The Labute approximate surface area is 226 Å². The summed E-state index contributed by atoms with van der Waals surface area (Å²) in [6.07, 6.45) is 3.13. The van der Waals surface area contributed by atoms with Gasteiger partial charge in [-0.05, 0) is 68.8 Å². The summed E-state index contributed by atoms with van der Waals surface area (Å²) >= 11 is 0. The van der Waals surface area contributed by atoms with Crippen molar-refractivity contribution in [2.45, 2.75) is 26.8 Å². The van der Waals surface area contributed by atoms with Crippen LogP contribution in [0.2, 0.25) is 0 Å². The average Bonchev–Trinajstić information content (AvgIpc) is 3.49. The molecule has 9 heteroatoms. The molecule has 5 aromatic rings. The zero-order valence-electron chi connectivity index (χ0n) is 22.3. The Morgan fingerprint density at radius 3 is 2.41 bits per heavy atom. The number of hydrogen-bond donors (Lipinski definition) is 1. The summed E-state index contributed by atoms with van der Waals surface area (Å²) in [6, 6.07) is 20.1. The van der Waals surface area contributed by atoms with Crippen LogP contribution in [0, 0.1) is 6.92 Å². The maximum Gasteiger partial charge on any atom is 0.282 e. The standard InChI is InChI=1S/C30H31N7O2/c1-20(2)35-14-16-36(17-15-35)23-12-10-22(11-13-23)32-30-31-19-24-27(33-30)28(26-9-6-18-39-26)34-37(29(24)38)25-8-5-4-7-21(25)3/h4-13,18-20H,14-17H2,1-3H3,(H,31,32,33). The van der Waals surface area contributed by atoms with Crippen molar-refractivity contribution in [2.75, 3.05) is 36.4 Å². The first-order valence-electron chi connectivity index (χ1n) is 13.2. The van der Waals surface area contributed by atoms with Crippen LogP contribution in [0.3, 0.4) is 0 Å². The minimum Gasteiger partial charge on any atom is -0.463 e. The van der Waals surface area contributed by atoms with E-state index in [9.17, 15) is 4.79 Å². The molecule has 1 aliphatic rings. The van der Waals surface area contributed by atoms with E-state index in [1.54, 1.807) is 18.5 Å². The SMILES string of the molecule is Cc1ccccc1-n1nc(-c2ccco2)c2nc(Nc3ccc(N4CCN(C(C)C)CC4)cc3)ncc2c1=O. The van der Waals surface area contributed by atoms with Gasteiger partial charge in [0.05, 0.1) is 17.3 Å². The minimum atomic E-state index is -0.289. The van der Waals surface area contributed by atoms with Gasteiger partial charge in [0.2, 0.25) is 5.95 Å². The van der Waals surface area contributed by atoms with Gasteiger partial charge in [0.15, 0.2) is 11.5 Å². The molecule has 1 saturated heterocycles. The van der Waals surface area contributed by atoms with Crippen LogP contribution in [0.15, 0.2) is 82.3 Å². The van der Waals surface area contributed by atoms with Crippen LogP contribution in [-0.4, -0.2) is 56.9 Å². The molecule has 0 bridgehead atoms. The van der Waals surface area contributed by atoms with E-state index >= 15 is 0 Å². The van der Waals surface area contributed by atoms with E-state index in [1.807, 2.05) is 49.4 Å². The molecule has 9 nitrogen and oxygen atoms in total. The molecule has 0 amide bonds. The third kappa shape index (κ3) is 4.88. The normalized spacial score (nSPS) is 14.3. The zero-order chi connectivity index (χ0) is 26.9. The molecule has 4 heterocycles. The molecule has 6 rings (SSSR count). The Kier molecular flexibility index (Phi) is 6.58. The largest absolute Gasteiger partial charge is 0.463 e. The van der Waals surface area contributed by atoms with Gasteiger partial charge in [-0.25, -0.2) is 9.97 Å². The summed E-state index contributed by atoms with van der Waals surface area (Å²) in [7, 11) is 0. The summed E-state index contributed by atoms with van der Waals surface area (Å²) < 4.78 is 7.07. The van der Waals surface area contributed by atoms with E-state index in [0.29, 0.717) is 40.0 Å². The number of fused-ring (bicyclic) bond motifs is 1. The molecular formula is C30H31N7O2. The molecule has 0 radical (unpaired) electrons. The monoisotopic (exact) mass is 521 g/mol. The first-order valence-corrected chi connectivity index (χ1v) is 13.2. The van der Waals surface area contributed by atoms with Crippen LogP contribution in [-0.2, 0) is 0 Å². The Morgan fingerprint density at radius 2 is 1.72 bits per heavy atom. The van der Waals surface area contributed by atoms with Gasteiger partial charge < -0.3 is 14.6 Å². The molecule has 3 aromatic heterocycles. The third-order valence-electron chi connectivity index (χ3n) is 7.27. The van der Waals surface area contributed by atoms with Crippen molar-refractivity contribution in [3.8, 4) is 17.1 Å². The van der Waals surface area contributed by atoms with Crippen LogP contribution < -0.4 is 15.8 Å². The smallest absolute Gasteiger partial charge is 0.282 e. The van der Waals surface area contributed by atoms with Crippen molar-refractivity contribution < 1.29 is 4.42 Å². The molecule has 2 aromatic carbocycles. The van der Waals surface area contributed by atoms with Crippen LogP contribution in [0.1, 0.15) is 19.4 Å². The van der Waals surface area contributed by atoms with Gasteiger partial charge in [-0.3, -0.25) is 9.69 Å². The summed E-state index contributed by atoms with van der Waals surface area (Å²) in [5.74, 6) is 0.900. The molecular weight excluding hydrogens is 490 g/mol. The maximum atomic E-state index is 13.5. The molecule has 1 N–H and O–H groups in total. The molecule has 0 atom stereocenters. The molecule has 1 fully saturated rings. The summed E-state index contributed by atoms with van der Waals surface area (Å²) in [5, 5.41) is 8.33. The van der Waals surface area contributed by atoms with E-state index in [4.69, 9.17) is 9.40 Å². The first-order chi connectivity index (χ1) is 19.0. The summed E-state index contributed by atoms with van der Waals surface area (Å²) in [4.78, 5) is 27.6. The summed E-state index contributed by atoms with van der Waals surface area (Å²) in [5.41, 5.74) is 4.30. The average molecular weight is 522 g/mol. The highest BCUT2D eigenvalue weighted by atomic mass is 16.3. The van der Waals surface area contributed by atoms with Crippen molar-refractivity contribution in [1.82, 2.24) is 24.6 Å². The van der Waals surface area contributed by atoms with Crippen LogP contribution >= 0.6 is 0 Å². The van der Waals surface area contributed by atoms with Crippen molar-refractivity contribution in [1.29, 1.82) is 0 Å². The highest BCUT2D eigenvalue weighted by Gasteiger charge is 2.20. The predicted octanol–water partition coefficient (Wildman–Crippen LogP) is 5.02. The van der Waals surface area contributed by atoms with E-state index in [0.717, 1.165) is 37.4 Å². The van der Waals surface area contributed by atoms with Crippen LogP contribution in [0.5, 0.6) is 0 Å². The fraction of sp³-hybridized carbons (Fsp3) is 0.267. The minimum absolute atomic E-state index is 0.289. The molecule has 0 saturated carbocycles. The van der Waals surface area contributed by atoms with Crippen molar-refractivity contribution in [2.24, 2.45) is 0 Å². The first kappa shape index (κ1) is 24.8.